The van der Waals surface area contributed by atoms with Gasteiger partial charge in [0.15, 0.2) is 0 Å². The third kappa shape index (κ3) is 4.85. The third-order valence-corrected chi connectivity index (χ3v) is 5.38. The van der Waals surface area contributed by atoms with E-state index in [-0.39, 0.29) is 5.91 Å². The molecular weight excluding hydrogens is 418 g/mol. The monoisotopic (exact) mass is 443 g/mol. The minimum Gasteiger partial charge on any atom is -0.497 e. The number of carbonyl (C=O) groups is 1. The minimum absolute atomic E-state index is 0.0839. The predicted octanol–water partition coefficient (Wildman–Crippen LogP) is 4.01. The summed E-state index contributed by atoms with van der Waals surface area (Å²) in [5.41, 5.74) is 3.85. The number of tetrazole rings is 1. The Kier molecular flexibility index (Phi) is 6.64. The summed E-state index contributed by atoms with van der Waals surface area (Å²) in [5, 5.41) is 11.5. The first-order valence-electron chi connectivity index (χ1n) is 10.6. The van der Waals surface area contributed by atoms with Crippen LogP contribution < -0.4 is 9.47 Å². The number of aromatic nitrogens is 4. The average Bonchev–Trinajstić information content (AvgIpc) is 3.42. The summed E-state index contributed by atoms with van der Waals surface area (Å²) in [4.78, 5) is 15.4. The van der Waals surface area contributed by atoms with Crippen LogP contribution in [0.3, 0.4) is 0 Å². The second-order valence-corrected chi connectivity index (χ2v) is 7.39. The number of carbonyl (C=O) groups excluding carboxylic acids is 1. The van der Waals surface area contributed by atoms with Gasteiger partial charge in [-0.2, -0.15) is 0 Å². The predicted molar refractivity (Wildman–Crippen MR) is 125 cm³/mol. The lowest BCUT2D eigenvalue weighted by molar-refractivity contribution is 0.0752. The molecule has 1 heterocycles. The van der Waals surface area contributed by atoms with E-state index < -0.39 is 0 Å². The molecule has 0 saturated heterocycles. The van der Waals surface area contributed by atoms with E-state index in [9.17, 15) is 4.79 Å². The molecule has 0 radical (unpaired) electrons. The number of benzene rings is 3. The summed E-state index contributed by atoms with van der Waals surface area (Å²) in [6.07, 6.45) is 1.50. The Bertz CT molecular complexity index is 1230. The van der Waals surface area contributed by atoms with Crippen molar-refractivity contribution in [1.29, 1.82) is 0 Å². The number of hydrogen-bond acceptors (Lipinski definition) is 6. The highest BCUT2D eigenvalue weighted by Crippen LogP contribution is 2.35. The molecule has 0 bridgehead atoms. The molecule has 0 aliphatic heterocycles. The maximum absolute atomic E-state index is 13.6. The van der Waals surface area contributed by atoms with Crippen molar-refractivity contribution in [3.05, 3.63) is 84.2 Å². The minimum atomic E-state index is -0.0839. The second-order valence-electron chi connectivity index (χ2n) is 7.39. The lowest BCUT2D eigenvalue weighted by Crippen LogP contribution is -2.30. The highest BCUT2D eigenvalue weighted by molar-refractivity contribution is 5.96. The fourth-order valence-corrected chi connectivity index (χ4v) is 3.66. The summed E-state index contributed by atoms with van der Waals surface area (Å²) in [6, 6.07) is 21.1. The number of amides is 1. The molecule has 0 aliphatic rings. The summed E-state index contributed by atoms with van der Waals surface area (Å²) in [6.45, 7) is 3.06. The molecule has 4 aromatic rings. The van der Waals surface area contributed by atoms with Crippen molar-refractivity contribution in [3.63, 3.8) is 0 Å². The molecule has 168 valence electrons. The molecule has 3 aromatic carbocycles. The second kappa shape index (κ2) is 9.95. The normalized spacial score (nSPS) is 10.6. The zero-order valence-corrected chi connectivity index (χ0v) is 18.8. The van der Waals surface area contributed by atoms with Crippen LogP contribution in [-0.4, -0.2) is 51.8 Å². The fraction of sp³-hybridized carbons (Fsp3) is 0.200. The fourth-order valence-electron chi connectivity index (χ4n) is 3.66. The largest absolute Gasteiger partial charge is 0.497 e. The highest BCUT2D eigenvalue weighted by Gasteiger charge is 2.19. The number of ether oxygens (including phenoxy) is 2. The summed E-state index contributed by atoms with van der Waals surface area (Å²) >= 11 is 0. The van der Waals surface area contributed by atoms with E-state index in [0.717, 1.165) is 16.7 Å². The zero-order valence-electron chi connectivity index (χ0n) is 18.8. The molecule has 0 spiro atoms. The SMILES string of the molecule is CCN(Cc1ccccc1)C(=O)c1cc(-c2cc(OC)ccc2OC)cc(-n2cnnn2)c1. The first kappa shape index (κ1) is 22.0. The van der Waals surface area contributed by atoms with E-state index >= 15 is 0 Å². The molecule has 8 nitrogen and oxygen atoms in total. The highest BCUT2D eigenvalue weighted by atomic mass is 16.5. The van der Waals surface area contributed by atoms with E-state index in [4.69, 9.17) is 9.47 Å². The van der Waals surface area contributed by atoms with Crippen molar-refractivity contribution in [2.24, 2.45) is 0 Å². The maximum Gasteiger partial charge on any atom is 0.254 e. The summed E-state index contributed by atoms with van der Waals surface area (Å²) in [5.74, 6) is 1.27. The summed E-state index contributed by atoms with van der Waals surface area (Å²) < 4.78 is 12.5. The molecule has 8 heteroatoms. The average molecular weight is 444 g/mol. The van der Waals surface area contributed by atoms with Gasteiger partial charge in [0.1, 0.15) is 17.8 Å². The van der Waals surface area contributed by atoms with Crippen LogP contribution in [0.15, 0.2) is 73.1 Å². The van der Waals surface area contributed by atoms with Gasteiger partial charge in [-0.1, -0.05) is 30.3 Å². The molecule has 33 heavy (non-hydrogen) atoms. The Balaban J connectivity index is 1.80. The molecule has 4 rings (SSSR count). The number of nitrogens with zero attached hydrogens (tertiary/aromatic N) is 5. The van der Waals surface area contributed by atoms with E-state index in [1.807, 2.05) is 67.6 Å². The van der Waals surface area contributed by atoms with Gasteiger partial charge in [0, 0.05) is 24.2 Å². The van der Waals surface area contributed by atoms with Gasteiger partial charge >= 0.3 is 0 Å². The van der Waals surface area contributed by atoms with Crippen molar-refractivity contribution >= 4 is 5.91 Å². The first-order valence-corrected chi connectivity index (χ1v) is 10.6. The number of methoxy groups -OCH3 is 2. The molecule has 0 aliphatic carbocycles. The van der Waals surface area contributed by atoms with E-state index in [1.165, 1.54) is 11.0 Å². The van der Waals surface area contributed by atoms with Gasteiger partial charge in [0.05, 0.1) is 19.9 Å². The molecule has 0 atom stereocenters. The Morgan fingerprint density at radius 2 is 1.82 bits per heavy atom. The van der Waals surface area contributed by atoms with Crippen molar-refractivity contribution in [2.75, 3.05) is 20.8 Å². The van der Waals surface area contributed by atoms with Crippen LogP contribution in [0.2, 0.25) is 0 Å². The molecule has 1 aromatic heterocycles. The smallest absolute Gasteiger partial charge is 0.254 e. The van der Waals surface area contributed by atoms with Crippen LogP contribution in [-0.2, 0) is 6.54 Å². The lowest BCUT2D eigenvalue weighted by atomic mass is 10.00. The molecule has 0 unspecified atom stereocenters. The van der Waals surface area contributed by atoms with Crippen molar-refractivity contribution < 1.29 is 14.3 Å². The van der Waals surface area contributed by atoms with Crippen LogP contribution in [0.4, 0.5) is 0 Å². The number of rotatable bonds is 8. The molecular formula is C25H25N5O3. The Hall–Kier alpha value is -4.20. The van der Waals surface area contributed by atoms with Crippen molar-refractivity contribution in [1.82, 2.24) is 25.1 Å². The zero-order chi connectivity index (χ0) is 23.2. The van der Waals surface area contributed by atoms with Crippen LogP contribution in [0.1, 0.15) is 22.8 Å². The Morgan fingerprint density at radius 1 is 1.00 bits per heavy atom. The maximum atomic E-state index is 13.6. The van der Waals surface area contributed by atoms with E-state index in [0.29, 0.717) is 35.8 Å². The van der Waals surface area contributed by atoms with Gasteiger partial charge < -0.3 is 14.4 Å². The van der Waals surface area contributed by atoms with Gasteiger partial charge in [0.25, 0.3) is 5.91 Å². The topological polar surface area (TPSA) is 82.4 Å². The van der Waals surface area contributed by atoms with Crippen LogP contribution in [0.5, 0.6) is 11.5 Å². The number of hydrogen-bond donors (Lipinski definition) is 0. The Labute approximate surface area is 192 Å². The standard InChI is InChI=1S/C25H25N5O3/c1-4-29(16-18-8-6-5-7-9-18)25(31)20-12-19(13-21(14-20)30-17-26-27-28-30)23-15-22(32-2)10-11-24(23)33-3/h5-15,17H,4,16H2,1-3H3. The molecule has 1 amide bonds. The van der Waals surface area contributed by atoms with Gasteiger partial charge in [-0.25, -0.2) is 4.68 Å². The van der Waals surface area contributed by atoms with Crippen LogP contribution in [0.25, 0.3) is 16.8 Å². The van der Waals surface area contributed by atoms with Gasteiger partial charge in [0.2, 0.25) is 0 Å². The van der Waals surface area contributed by atoms with Crippen LogP contribution in [0, 0.1) is 0 Å². The van der Waals surface area contributed by atoms with Crippen molar-refractivity contribution in [2.45, 2.75) is 13.5 Å². The van der Waals surface area contributed by atoms with Gasteiger partial charge in [-0.3, -0.25) is 4.79 Å². The van der Waals surface area contributed by atoms with Gasteiger partial charge in [-0.05, 0) is 64.9 Å². The van der Waals surface area contributed by atoms with E-state index in [2.05, 4.69) is 15.5 Å². The van der Waals surface area contributed by atoms with Gasteiger partial charge in [-0.15, -0.1) is 5.10 Å². The van der Waals surface area contributed by atoms with Crippen molar-refractivity contribution in [3.8, 4) is 28.3 Å². The molecule has 0 saturated carbocycles. The Morgan fingerprint density at radius 3 is 2.48 bits per heavy atom. The quantitative estimate of drug-likeness (QED) is 0.409. The van der Waals surface area contributed by atoms with Crippen LogP contribution >= 0.6 is 0 Å². The molecule has 0 N–H and O–H groups in total. The third-order valence-electron chi connectivity index (χ3n) is 5.38. The first-order chi connectivity index (χ1) is 16.1. The summed E-state index contributed by atoms with van der Waals surface area (Å²) in [7, 11) is 3.22. The molecule has 0 fully saturated rings. The lowest BCUT2D eigenvalue weighted by Gasteiger charge is -2.22. The van der Waals surface area contributed by atoms with E-state index in [1.54, 1.807) is 25.2 Å².